The minimum Gasteiger partial charge on any atom is -0.396 e. The molecule has 60 valence electrons. The second-order valence-corrected chi connectivity index (χ2v) is 3.55. The number of pyridine rings is 1. The van der Waals surface area contributed by atoms with Crippen molar-refractivity contribution in [2.24, 2.45) is 0 Å². The summed E-state index contributed by atoms with van der Waals surface area (Å²) >= 11 is 6.18. The average Bonchev–Trinajstić information content (AvgIpc) is 1.97. The Kier molecular flexibility index (Phi) is 2.24. The lowest BCUT2D eigenvalue weighted by Gasteiger charge is -1.99. The minimum atomic E-state index is 0.307. The number of aromatic nitrogens is 1. The van der Waals surface area contributed by atoms with E-state index < -0.39 is 0 Å². The average molecular weight is 284 g/mol. The van der Waals surface area contributed by atoms with Gasteiger partial charge in [0.25, 0.3) is 0 Å². The van der Waals surface area contributed by atoms with Gasteiger partial charge in [0.15, 0.2) is 0 Å². The van der Waals surface area contributed by atoms with Crippen LogP contribution >= 0.6 is 31.9 Å². The third-order valence-electron chi connectivity index (χ3n) is 1.21. The van der Waals surface area contributed by atoms with Gasteiger partial charge in [-0.2, -0.15) is 0 Å². The molecule has 0 aliphatic rings. The van der Waals surface area contributed by atoms with E-state index in [-0.39, 0.29) is 0 Å². The van der Waals surface area contributed by atoms with E-state index in [1.165, 1.54) is 6.20 Å². The van der Waals surface area contributed by atoms with Gasteiger partial charge in [-0.25, -0.2) is 0 Å². The Bertz CT molecular complexity index is 276. The van der Waals surface area contributed by atoms with Gasteiger partial charge < -0.3 is 11.5 Å². The molecule has 1 aromatic heterocycles. The lowest BCUT2D eigenvalue weighted by Crippen LogP contribution is -2.32. The highest BCUT2D eigenvalue weighted by atomic mass is 79.9. The Balaban J connectivity index is 3.46. The van der Waals surface area contributed by atoms with Gasteiger partial charge in [0, 0.05) is 20.7 Å². The smallest absolute Gasteiger partial charge is 0.323 e. The number of rotatable bonds is 0. The number of hydrogen-bond donors (Lipinski definition) is 3. The Morgan fingerprint density at radius 1 is 1.27 bits per heavy atom. The summed E-state index contributed by atoms with van der Waals surface area (Å²) in [5, 5.41) is 9.11. The van der Waals surface area contributed by atoms with Crippen LogP contribution in [0.5, 0.6) is 0 Å². The van der Waals surface area contributed by atoms with Crippen LogP contribution in [0.2, 0.25) is 0 Å². The van der Waals surface area contributed by atoms with Crippen molar-refractivity contribution in [3.8, 4) is 0 Å². The summed E-state index contributed by atoms with van der Waals surface area (Å²) in [4.78, 5) is 0. The number of hydrogen-bond acceptors (Lipinski definition) is 3. The van der Waals surface area contributed by atoms with Crippen molar-refractivity contribution < 1.29 is 9.94 Å². The van der Waals surface area contributed by atoms with E-state index in [0.29, 0.717) is 20.5 Å². The molecule has 0 bridgehead atoms. The summed E-state index contributed by atoms with van der Waals surface area (Å²) in [5.74, 6) is 0. The molecule has 0 spiro atoms. The van der Waals surface area contributed by atoms with Crippen LogP contribution in [-0.2, 0) is 0 Å². The van der Waals surface area contributed by atoms with Crippen molar-refractivity contribution in [2.75, 3.05) is 11.5 Å². The van der Waals surface area contributed by atoms with Gasteiger partial charge in [0.2, 0.25) is 6.20 Å². The maximum Gasteiger partial charge on any atom is 0.323 e. The zero-order valence-corrected chi connectivity index (χ0v) is 8.55. The van der Waals surface area contributed by atoms with Crippen molar-refractivity contribution in [1.82, 2.24) is 0 Å². The van der Waals surface area contributed by atoms with Crippen LogP contribution in [0.15, 0.2) is 15.3 Å². The van der Waals surface area contributed by atoms with Gasteiger partial charge in [0.1, 0.15) is 10.2 Å². The van der Waals surface area contributed by atoms with Crippen molar-refractivity contribution in [2.45, 2.75) is 0 Å². The van der Waals surface area contributed by atoms with E-state index in [1.807, 2.05) is 0 Å². The summed E-state index contributed by atoms with van der Waals surface area (Å²) in [6.45, 7) is 0. The SMILES string of the molecule is Nc1c(Br)c[n+](O)c(Br)c1N. The van der Waals surface area contributed by atoms with Crippen LogP contribution < -0.4 is 16.2 Å². The second-order valence-electron chi connectivity index (χ2n) is 1.94. The van der Waals surface area contributed by atoms with Gasteiger partial charge >= 0.3 is 4.60 Å². The third-order valence-corrected chi connectivity index (χ3v) is 2.63. The molecule has 0 aromatic carbocycles. The number of halogens is 2. The molecule has 0 aliphatic heterocycles. The summed E-state index contributed by atoms with van der Waals surface area (Å²) in [5.41, 5.74) is 11.7. The topological polar surface area (TPSA) is 76.1 Å². The first-order chi connectivity index (χ1) is 5.04. The summed E-state index contributed by atoms with van der Waals surface area (Å²) in [6.07, 6.45) is 1.40. The van der Waals surface area contributed by atoms with E-state index in [1.54, 1.807) is 0 Å². The highest BCUT2D eigenvalue weighted by Crippen LogP contribution is 2.28. The third kappa shape index (κ3) is 1.41. The Morgan fingerprint density at radius 3 is 2.36 bits per heavy atom. The van der Waals surface area contributed by atoms with E-state index >= 15 is 0 Å². The van der Waals surface area contributed by atoms with Gasteiger partial charge in [0.05, 0.1) is 5.69 Å². The molecule has 0 saturated heterocycles. The van der Waals surface area contributed by atoms with Crippen molar-refractivity contribution in [1.29, 1.82) is 0 Å². The van der Waals surface area contributed by atoms with Crippen LogP contribution in [0.4, 0.5) is 11.4 Å². The lowest BCUT2D eigenvalue weighted by atomic mass is 10.4. The molecule has 0 unspecified atom stereocenters. The maximum absolute atomic E-state index is 9.11. The Morgan fingerprint density at radius 2 is 1.82 bits per heavy atom. The standard InChI is InChI=1S/C5H5Br2N3O/c6-2-1-10(11)5(7)4(9)3(2)8/h1,8,11H,9H2/p+1. The molecular formula is C5H6Br2N3O+. The summed E-state index contributed by atoms with van der Waals surface area (Å²) in [7, 11) is 0. The molecule has 5 N–H and O–H groups in total. The van der Waals surface area contributed by atoms with Crippen LogP contribution in [0, 0.1) is 0 Å². The Labute approximate surface area is 80.0 Å². The first kappa shape index (κ1) is 8.61. The molecule has 1 rings (SSSR count). The molecule has 0 atom stereocenters. The van der Waals surface area contributed by atoms with Gasteiger partial charge in [-0.1, -0.05) is 0 Å². The molecule has 0 radical (unpaired) electrons. The molecule has 0 aliphatic carbocycles. The summed E-state index contributed by atoms with van der Waals surface area (Å²) < 4.78 is 1.74. The zero-order chi connectivity index (χ0) is 8.59. The quantitative estimate of drug-likeness (QED) is 0.376. The fourth-order valence-corrected chi connectivity index (χ4v) is 1.32. The van der Waals surface area contributed by atoms with E-state index in [0.717, 1.165) is 4.73 Å². The largest absolute Gasteiger partial charge is 0.396 e. The first-order valence-corrected chi connectivity index (χ1v) is 4.26. The van der Waals surface area contributed by atoms with Crippen LogP contribution in [0.3, 0.4) is 0 Å². The Hall–Kier alpha value is -0.490. The van der Waals surface area contributed by atoms with Gasteiger partial charge in [-0.15, -0.1) is 0 Å². The molecule has 0 saturated carbocycles. The molecule has 1 heterocycles. The predicted octanol–water partition coefficient (Wildman–Crippen LogP) is 0.901. The normalized spacial score (nSPS) is 10.0. The minimum absolute atomic E-state index is 0.307. The van der Waals surface area contributed by atoms with Crippen LogP contribution in [0.1, 0.15) is 0 Å². The van der Waals surface area contributed by atoms with E-state index in [9.17, 15) is 0 Å². The fraction of sp³-hybridized carbons (Fsp3) is 0. The van der Waals surface area contributed by atoms with E-state index in [4.69, 9.17) is 16.7 Å². The predicted molar refractivity (Wildman–Crippen MR) is 48.0 cm³/mol. The maximum atomic E-state index is 9.11. The number of nitrogen functional groups attached to an aromatic ring is 2. The van der Waals surface area contributed by atoms with Gasteiger partial charge in [-0.3, -0.25) is 5.21 Å². The van der Waals surface area contributed by atoms with Crippen LogP contribution in [0.25, 0.3) is 0 Å². The fourth-order valence-electron chi connectivity index (χ4n) is 0.597. The molecule has 11 heavy (non-hydrogen) atoms. The van der Waals surface area contributed by atoms with Gasteiger partial charge in [-0.05, 0) is 15.9 Å². The number of nitrogens with zero attached hydrogens (tertiary/aromatic N) is 1. The highest BCUT2D eigenvalue weighted by Gasteiger charge is 2.17. The highest BCUT2D eigenvalue weighted by molar-refractivity contribution is 9.11. The number of nitrogens with two attached hydrogens (primary N) is 2. The molecule has 6 heteroatoms. The monoisotopic (exact) mass is 282 g/mol. The molecule has 1 aromatic rings. The lowest BCUT2D eigenvalue weighted by molar-refractivity contribution is -0.912. The molecule has 0 amide bonds. The van der Waals surface area contributed by atoms with Crippen molar-refractivity contribution in [3.63, 3.8) is 0 Å². The van der Waals surface area contributed by atoms with Crippen LogP contribution in [-0.4, -0.2) is 5.21 Å². The van der Waals surface area contributed by atoms with E-state index in [2.05, 4.69) is 31.9 Å². The first-order valence-electron chi connectivity index (χ1n) is 2.68. The second kappa shape index (κ2) is 2.86. The molecule has 0 fully saturated rings. The van der Waals surface area contributed by atoms with Crippen molar-refractivity contribution in [3.05, 3.63) is 15.3 Å². The zero-order valence-electron chi connectivity index (χ0n) is 5.38. The van der Waals surface area contributed by atoms with Crippen molar-refractivity contribution >= 4 is 43.2 Å². The molecule has 4 nitrogen and oxygen atoms in total. The molecular weight excluding hydrogens is 278 g/mol. The number of anilines is 2. The summed E-state index contributed by atoms with van der Waals surface area (Å²) in [6, 6.07) is 0.